The fourth-order valence-electron chi connectivity index (χ4n) is 2.94. The van der Waals surface area contributed by atoms with E-state index in [-0.39, 0.29) is 29.6 Å². The Balaban J connectivity index is 2.11. The Kier molecular flexibility index (Phi) is 7.62. The van der Waals surface area contributed by atoms with Crippen molar-refractivity contribution in [3.63, 3.8) is 0 Å². The van der Waals surface area contributed by atoms with Crippen LogP contribution in [0.15, 0.2) is 18.2 Å². The van der Waals surface area contributed by atoms with Crippen LogP contribution >= 0.6 is 11.6 Å². The summed E-state index contributed by atoms with van der Waals surface area (Å²) in [5, 5.41) is 5.87. The molecule has 3 amide bonds. The maximum atomic E-state index is 13.0. The maximum absolute atomic E-state index is 13.0. The minimum absolute atomic E-state index is 0.0815. The predicted octanol–water partition coefficient (Wildman–Crippen LogP) is 1.86. The highest BCUT2D eigenvalue weighted by Gasteiger charge is 2.29. The van der Waals surface area contributed by atoms with Gasteiger partial charge in [0, 0.05) is 37.8 Å². The van der Waals surface area contributed by atoms with Crippen molar-refractivity contribution < 1.29 is 14.4 Å². The molecule has 0 saturated carbocycles. The number of amides is 3. The standard InChI is InChI=1S/C19H27ClN4O3/c1-12(2)17(25)23-14-5-6-16(20)15(10-14)19(27)24-9-3-4-13(11-24)18(26)22-8-7-21/h5-6,10,12-13H,3-4,7-9,11,21H2,1-2H3,(H,22,26)(H,23,25). The fraction of sp³-hybridized carbons (Fsp3) is 0.526. The zero-order chi connectivity index (χ0) is 20.0. The second-order valence-electron chi connectivity index (χ2n) is 7.01. The Morgan fingerprint density at radius 2 is 2.07 bits per heavy atom. The van der Waals surface area contributed by atoms with E-state index < -0.39 is 0 Å². The molecule has 148 valence electrons. The number of carbonyl (C=O) groups is 3. The van der Waals surface area contributed by atoms with Crippen molar-refractivity contribution >= 4 is 35.0 Å². The van der Waals surface area contributed by atoms with Crippen LogP contribution in [-0.4, -0.2) is 48.8 Å². The van der Waals surface area contributed by atoms with Gasteiger partial charge in [0.1, 0.15) is 0 Å². The summed E-state index contributed by atoms with van der Waals surface area (Å²) in [6, 6.07) is 4.85. The average molecular weight is 395 g/mol. The summed E-state index contributed by atoms with van der Waals surface area (Å²) in [5.74, 6) is -0.879. The van der Waals surface area contributed by atoms with Crippen molar-refractivity contribution in [3.05, 3.63) is 28.8 Å². The Bertz CT molecular complexity index is 708. The Morgan fingerprint density at radius 3 is 2.74 bits per heavy atom. The van der Waals surface area contributed by atoms with Crippen molar-refractivity contribution in [3.8, 4) is 0 Å². The Labute approximate surface area is 164 Å². The zero-order valence-electron chi connectivity index (χ0n) is 15.8. The lowest BCUT2D eigenvalue weighted by molar-refractivity contribution is -0.126. The van der Waals surface area contributed by atoms with E-state index in [0.29, 0.717) is 42.5 Å². The van der Waals surface area contributed by atoms with E-state index in [1.54, 1.807) is 36.9 Å². The van der Waals surface area contributed by atoms with Crippen LogP contribution in [0.1, 0.15) is 37.0 Å². The molecule has 1 unspecified atom stereocenters. The third-order valence-corrected chi connectivity index (χ3v) is 4.84. The molecule has 0 bridgehead atoms. The van der Waals surface area contributed by atoms with Gasteiger partial charge < -0.3 is 21.3 Å². The molecule has 1 heterocycles. The van der Waals surface area contributed by atoms with E-state index in [1.165, 1.54) is 0 Å². The van der Waals surface area contributed by atoms with Crippen LogP contribution < -0.4 is 16.4 Å². The Hall–Kier alpha value is -2.12. The van der Waals surface area contributed by atoms with Gasteiger partial charge in [-0.2, -0.15) is 0 Å². The first-order valence-electron chi connectivity index (χ1n) is 9.21. The number of hydrogen-bond donors (Lipinski definition) is 3. The van der Waals surface area contributed by atoms with E-state index >= 15 is 0 Å². The lowest BCUT2D eigenvalue weighted by Crippen LogP contribution is -2.46. The van der Waals surface area contributed by atoms with E-state index in [1.807, 2.05) is 0 Å². The zero-order valence-corrected chi connectivity index (χ0v) is 16.5. The van der Waals surface area contributed by atoms with Gasteiger partial charge in [-0.15, -0.1) is 0 Å². The average Bonchev–Trinajstić information content (AvgIpc) is 2.67. The van der Waals surface area contributed by atoms with Crippen molar-refractivity contribution in [2.45, 2.75) is 26.7 Å². The van der Waals surface area contributed by atoms with Crippen LogP contribution in [0.4, 0.5) is 5.69 Å². The molecule has 1 aromatic carbocycles. The molecule has 0 radical (unpaired) electrons. The summed E-state index contributed by atoms with van der Waals surface area (Å²) in [5.41, 5.74) is 6.26. The SMILES string of the molecule is CC(C)C(=O)Nc1ccc(Cl)c(C(=O)N2CCCC(C(=O)NCCN)C2)c1. The molecule has 1 atom stereocenters. The van der Waals surface area contributed by atoms with Crippen LogP contribution in [-0.2, 0) is 9.59 Å². The maximum Gasteiger partial charge on any atom is 0.255 e. The van der Waals surface area contributed by atoms with Crippen LogP contribution in [0.2, 0.25) is 5.02 Å². The second kappa shape index (κ2) is 9.71. The number of anilines is 1. The highest BCUT2D eigenvalue weighted by Crippen LogP contribution is 2.25. The van der Waals surface area contributed by atoms with Gasteiger partial charge in [-0.1, -0.05) is 25.4 Å². The molecule has 0 aromatic heterocycles. The van der Waals surface area contributed by atoms with Gasteiger partial charge in [0.05, 0.1) is 16.5 Å². The van der Waals surface area contributed by atoms with Gasteiger partial charge in [-0.05, 0) is 31.0 Å². The lowest BCUT2D eigenvalue weighted by atomic mass is 9.96. The number of benzene rings is 1. The summed E-state index contributed by atoms with van der Waals surface area (Å²) in [6.07, 6.45) is 1.48. The van der Waals surface area contributed by atoms with Gasteiger partial charge in [0.15, 0.2) is 0 Å². The van der Waals surface area contributed by atoms with Crippen molar-refractivity contribution in [1.29, 1.82) is 0 Å². The summed E-state index contributed by atoms with van der Waals surface area (Å²) in [6.45, 7) is 5.30. The first-order chi connectivity index (χ1) is 12.8. The first kappa shape index (κ1) is 21.2. The quantitative estimate of drug-likeness (QED) is 0.684. The van der Waals surface area contributed by atoms with E-state index in [4.69, 9.17) is 17.3 Å². The van der Waals surface area contributed by atoms with Crippen molar-refractivity contribution in [2.75, 3.05) is 31.5 Å². The van der Waals surface area contributed by atoms with E-state index in [9.17, 15) is 14.4 Å². The van der Waals surface area contributed by atoms with E-state index in [2.05, 4.69) is 10.6 Å². The first-order valence-corrected chi connectivity index (χ1v) is 9.58. The van der Waals surface area contributed by atoms with Crippen molar-refractivity contribution in [2.24, 2.45) is 17.6 Å². The number of nitrogens with zero attached hydrogens (tertiary/aromatic N) is 1. The molecule has 7 nitrogen and oxygen atoms in total. The summed E-state index contributed by atoms with van der Waals surface area (Å²) in [7, 11) is 0. The molecule has 0 spiro atoms. The smallest absolute Gasteiger partial charge is 0.255 e. The largest absolute Gasteiger partial charge is 0.355 e. The molecule has 2 rings (SSSR count). The van der Waals surface area contributed by atoms with Gasteiger partial charge in [0.2, 0.25) is 11.8 Å². The number of likely N-dealkylation sites (tertiary alicyclic amines) is 1. The number of piperidine rings is 1. The van der Waals surface area contributed by atoms with Crippen LogP contribution in [0, 0.1) is 11.8 Å². The highest BCUT2D eigenvalue weighted by atomic mass is 35.5. The normalized spacial score (nSPS) is 16.9. The fourth-order valence-corrected chi connectivity index (χ4v) is 3.14. The summed E-state index contributed by atoms with van der Waals surface area (Å²) in [4.78, 5) is 38.7. The molecule has 1 saturated heterocycles. The van der Waals surface area contributed by atoms with Crippen LogP contribution in [0.3, 0.4) is 0 Å². The number of nitrogens with two attached hydrogens (primary N) is 1. The monoisotopic (exact) mass is 394 g/mol. The summed E-state index contributed by atoms with van der Waals surface area (Å²) < 4.78 is 0. The minimum Gasteiger partial charge on any atom is -0.355 e. The second-order valence-corrected chi connectivity index (χ2v) is 7.42. The minimum atomic E-state index is -0.253. The topological polar surface area (TPSA) is 105 Å². The van der Waals surface area contributed by atoms with Gasteiger partial charge in [-0.25, -0.2) is 0 Å². The molecule has 1 aromatic rings. The Morgan fingerprint density at radius 1 is 1.33 bits per heavy atom. The highest BCUT2D eigenvalue weighted by molar-refractivity contribution is 6.34. The number of rotatable bonds is 6. The molecule has 8 heteroatoms. The number of hydrogen-bond acceptors (Lipinski definition) is 4. The third kappa shape index (κ3) is 5.68. The van der Waals surface area contributed by atoms with Crippen molar-refractivity contribution in [1.82, 2.24) is 10.2 Å². The summed E-state index contributed by atoms with van der Waals surface area (Å²) >= 11 is 6.22. The van der Waals surface area contributed by atoms with Gasteiger partial charge in [0.25, 0.3) is 5.91 Å². The molecule has 1 aliphatic rings. The molecular formula is C19H27ClN4O3. The number of halogens is 1. The van der Waals surface area contributed by atoms with Gasteiger partial charge in [-0.3, -0.25) is 14.4 Å². The number of nitrogens with one attached hydrogen (secondary N) is 2. The van der Waals surface area contributed by atoms with Crippen LogP contribution in [0.25, 0.3) is 0 Å². The van der Waals surface area contributed by atoms with E-state index in [0.717, 1.165) is 12.8 Å². The third-order valence-electron chi connectivity index (χ3n) is 4.51. The number of carbonyl (C=O) groups excluding carboxylic acids is 3. The van der Waals surface area contributed by atoms with Gasteiger partial charge >= 0.3 is 0 Å². The van der Waals surface area contributed by atoms with Crippen LogP contribution in [0.5, 0.6) is 0 Å². The molecule has 1 aliphatic heterocycles. The molecule has 0 aliphatic carbocycles. The molecule has 27 heavy (non-hydrogen) atoms. The lowest BCUT2D eigenvalue weighted by Gasteiger charge is -2.32. The molecular weight excluding hydrogens is 368 g/mol. The molecule has 4 N–H and O–H groups in total. The predicted molar refractivity (Wildman–Crippen MR) is 106 cm³/mol. The molecule has 1 fully saturated rings.